The molecule has 0 aliphatic rings. The van der Waals surface area contributed by atoms with Crippen LogP contribution in [0.5, 0.6) is 17.2 Å². The Bertz CT molecular complexity index is 1320. The first kappa shape index (κ1) is 21.9. The van der Waals surface area contributed by atoms with Gasteiger partial charge in [0.1, 0.15) is 0 Å². The molecule has 0 saturated carbocycles. The van der Waals surface area contributed by atoms with Gasteiger partial charge in [0.05, 0.1) is 27.0 Å². The maximum absolute atomic E-state index is 12.6. The van der Waals surface area contributed by atoms with Crippen molar-refractivity contribution >= 4 is 23.4 Å². The summed E-state index contributed by atoms with van der Waals surface area (Å²) in [5.41, 5.74) is 4.09. The van der Waals surface area contributed by atoms with E-state index >= 15 is 0 Å². The van der Waals surface area contributed by atoms with E-state index in [0.717, 1.165) is 22.5 Å². The normalized spacial score (nSPS) is 11.0. The Morgan fingerprint density at radius 2 is 1.79 bits per heavy atom. The first-order chi connectivity index (χ1) is 16.0. The Kier molecular flexibility index (Phi) is 6.26. The lowest BCUT2D eigenvalue weighted by Gasteiger charge is -2.12. The molecule has 0 aliphatic carbocycles. The summed E-state index contributed by atoms with van der Waals surface area (Å²) in [7, 11) is 4.64. The lowest BCUT2D eigenvalue weighted by Crippen LogP contribution is -2.07. The molecule has 2 heterocycles. The van der Waals surface area contributed by atoms with Crippen molar-refractivity contribution in [2.75, 3.05) is 26.6 Å². The summed E-state index contributed by atoms with van der Waals surface area (Å²) in [4.78, 5) is 21.5. The van der Waals surface area contributed by atoms with Gasteiger partial charge in [-0.1, -0.05) is 12.1 Å². The van der Waals surface area contributed by atoms with Gasteiger partial charge in [-0.05, 0) is 48.9 Å². The third-order valence-electron chi connectivity index (χ3n) is 5.16. The number of methoxy groups -OCH3 is 3. The number of aryl methyl sites for hydroxylation is 1. The van der Waals surface area contributed by atoms with Gasteiger partial charge in [-0.2, -0.15) is 0 Å². The summed E-state index contributed by atoms with van der Waals surface area (Å²) in [6, 6.07) is 13.0. The molecule has 8 nitrogen and oxygen atoms in total. The molecule has 0 aliphatic heterocycles. The van der Waals surface area contributed by atoms with Crippen molar-refractivity contribution in [1.82, 2.24) is 14.4 Å². The number of aromatic nitrogens is 3. The van der Waals surface area contributed by atoms with Crippen LogP contribution in [0.2, 0.25) is 0 Å². The van der Waals surface area contributed by atoms with Gasteiger partial charge >= 0.3 is 0 Å². The Morgan fingerprint density at radius 1 is 1.03 bits per heavy atom. The molecule has 0 saturated heterocycles. The zero-order chi connectivity index (χ0) is 23.4. The zero-order valence-corrected chi connectivity index (χ0v) is 18.8. The summed E-state index contributed by atoms with van der Waals surface area (Å²) < 4.78 is 18.0. The number of ether oxygens (including phenoxy) is 3. The number of nitrogens with one attached hydrogen (secondary N) is 1. The SMILES string of the molecule is COc1cc(/C=C/C(=O)Nc2cccc(-c3nc4ncccn4c3C)c2)cc(OC)c1OC. The molecule has 2 aromatic carbocycles. The molecule has 0 unspecified atom stereocenters. The molecular weight excluding hydrogens is 420 g/mol. The maximum atomic E-state index is 12.6. The molecule has 1 amide bonds. The largest absolute Gasteiger partial charge is 0.493 e. The molecule has 4 aromatic rings. The van der Waals surface area contributed by atoms with Crippen molar-refractivity contribution in [3.63, 3.8) is 0 Å². The van der Waals surface area contributed by atoms with Crippen LogP contribution in [0.25, 0.3) is 23.1 Å². The van der Waals surface area contributed by atoms with Crippen LogP contribution >= 0.6 is 0 Å². The van der Waals surface area contributed by atoms with Crippen molar-refractivity contribution in [1.29, 1.82) is 0 Å². The molecule has 4 rings (SSSR count). The average molecular weight is 444 g/mol. The van der Waals surface area contributed by atoms with Gasteiger partial charge in [0.2, 0.25) is 17.4 Å². The van der Waals surface area contributed by atoms with Crippen LogP contribution in [0.1, 0.15) is 11.3 Å². The van der Waals surface area contributed by atoms with Crippen LogP contribution in [0.15, 0.2) is 60.9 Å². The summed E-state index contributed by atoms with van der Waals surface area (Å²) in [6.07, 6.45) is 6.77. The minimum Gasteiger partial charge on any atom is -0.493 e. The van der Waals surface area contributed by atoms with Crippen LogP contribution in [0, 0.1) is 6.92 Å². The summed E-state index contributed by atoms with van der Waals surface area (Å²) in [5.74, 6) is 1.89. The minimum atomic E-state index is -0.269. The summed E-state index contributed by atoms with van der Waals surface area (Å²) in [6.45, 7) is 1.99. The Morgan fingerprint density at radius 3 is 2.45 bits per heavy atom. The van der Waals surface area contributed by atoms with Crippen LogP contribution in [0.3, 0.4) is 0 Å². The van der Waals surface area contributed by atoms with E-state index in [9.17, 15) is 4.79 Å². The number of hydrogen-bond acceptors (Lipinski definition) is 6. The second-order valence-electron chi connectivity index (χ2n) is 7.20. The third kappa shape index (κ3) is 4.50. The molecule has 0 bridgehead atoms. The number of imidazole rings is 1. The fourth-order valence-electron chi connectivity index (χ4n) is 3.57. The number of hydrogen-bond donors (Lipinski definition) is 1. The lowest BCUT2D eigenvalue weighted by molar-refractivity contribution is -0.111. The van der Waals surface area contributed by atoms with Gasteiger partial charge in [-0.3, -0.25) is 9.20 Å². The van der Waals surface area contributed by atoms with Crippen LogP contribution in [0.4, 0.5) is 5.69 Å². The van der Waals surface area contributed by atoms with Crippen LogP contribution in [-0.4, -0.2) is 41.6 Å². The smallest absolute Gasteiger partial charge is 0.248 e. The van der Waals surface area contributed by atoms with Crippen molar-refractivity contribution in [2.24, 2.45) is 0 Å². The molecule has 168 valence electrons. The number of benzene rings is 2. The van der Waals surface area contributed by atoms with Gasteiger partial charge in [-0.15, -0.1) is 0 Å². The monoisotopic (exact) mass is 444 g/mol. The van der Waals surface area contributed by atoms with Crippen molar-refractivity contribution in [2.45, 2.75) is 6.92 Å². The quantitative estimate of drug-likeness (QED) is 0.426. The van der Waals surface area contributed by atoms with E-state index in [1.807, 2.05) is 47.9 Å². The van der Waals surface area contributed by atoms with Crippen molar-refractivity contribution < 1.29 is 19.0 Å². The Hall–Kier alpha value is -4.33. The molecule has 0 spiro atoms. The first-order valence-electron chi connectivity index (χ1n) is 10.2. The summed E-state index contributed by atoms with van der Waals surface area (Å²) >= 11 is 0. The minimum absolute atomic E-state index is 0.269. The van der Waals surface area contributed by atoms with E-state index < -0.39 is 0 Å². The van der Waals surface area contributed by atoms with Gasteiger partial charge in [0.15, 0.2) is 11.5 Å². The highest BCUT2D eigenvalue weighted by Gasteiger charge is 2.13. The Labute approximate surface area is 191 Å². The van der Waals surface area contributed by atoms with Crippen LogP contribution in [-0.2, 0) is 4.79 Å². The Balaban J connectivity index is 1.54. The number of anilines is 1. The predicted molar refractivity (Wildman–Crippen MR) is 127 cm³/mol. The van der Waals surface area contributed by atoms with Gasteiger partial charge < -0.3 is 19.5 Å². The molecule has 0 fully saturated rings. The second-order valence-corrected chi connectivity index (χ2v) is 7.20. The van der Waals surface area contributed by atoms with E-state index in [1.165, 1.54) is 6.08 Å². The average Bonchev–Trinajstić information content (AvgIpc) is 3.18. The first-order valence-corrected chi connectivity index (χ1v) is 10.2. The molecule has 1 N–H and O–H groups in total. The number of amides is 1. The molecule has 0 atom stereocenters. The molecule has 0 radical (unpaired) electrons. The topological polar surface area (TPSA) is 87.0 Å². The maximum Gasteiger partial charge on any atom is 0.248 e. The number of rotatable bonds is 7. The van der Waals surface area contributed by atoms with Gasteiger partial charge in [0.25, 0.3) is 0 Å². The van der Waals surface area contributed by atoms with Crippen molar-refractivity contribution in [3.8, 4) is 28.5 Å². The number of carbonyl (C=O) groups is 1. The molecular formula is C25H24N4O4. The van der Waals surface area contributed by atoms with E-state index in [-0.39, 0.29) is 5.91 Å². The number of fused-ring (bicyclic) bond motifs is 1. The highest BCUT2D eigenvalue weighted by molar-refractivity contribution is 6.02. The van der Waals surface area contributed by atoms with E-state index in [4.69, 9.17) is 14.2 Å². The molecule has 8 heteroatoms. The van der Waals surface area contributed by atoms with E-state index in [0.29, 0.717) is 28.7 Å². The second kappa shape index (κ2) is 9.44. The lowest BCUT2D eigenvalue weighted by atomic mass is 10.1. The fraction of sp³-hybridized carbons (Fsp3) is 0.160. The number of nitrogens with zero attached hydrogens (tertiary/aromatic N) is 3. The van der Waals surface area contributed by atoms with Crippen LogP contribution < -0.4 is 19.5 Å². The zero-order valence-electron chi connectivity index (χ0n) is 18.8. The fourth-order valence-corrected chi connectivity index (χ4v) is 3.57. The molecule has 33 heavy (non-hydrogen) atoms. The highest BCUT2D eigenvalue weighted by Crippen LogP contribution is 2.38. The highest BCUT2D eigenvalue weighted by atomic mass is 16.5. The van der Waals surface area contributed by atoms with Gasteiger partial charge in [0, 0.05) is 35.4 Å². The van der Waals surface area contributed by atoms with E-state index in [1.54, 1.807) is 45.7 Å². The summed E-state index contributed by atoms with van der Waals surface area (Å²) in [5, 5.41) is 2.89. The third-order valence-corrected chi connectivity index (χ3v) is 5.16. The number of carbonyl (C=O) groups excluding carboxylic acids is 1. The van der Waals surface area contributed by atoms with E-state index in [2.05, 4.69) is 15.3 Å². The standard InChI is InChI=1S/C25H24N4O4/c1-16-23(28-25-26-11-6-12-29(16)25)18-7-5-8-19(15-18)27-22(30)10-9-17-13-20(31-2)24(33-4)21(14-17)32-3/h5-15H,1-4H3,(H,27,30)/b10-9+. The predicted octanol–water partition coefficient (Wildman–Crippen LogP) is 4.38. The molecule has 2 aromatic heterocycles. The van der Waals surface area contributed by atoms with Gasteiger partial charge in [-0.25, -0.2) is 9.97 Å². The van der Waals surface area contributed by atoms with Crippen molar-refractivity contribution in [3.05, 3.63) is 72.2 Å².